The van der Waals surface area contributed by atoms with Gasteiger partial charge in [-0.15, -0.1) is 23.1 Å². The van der Waals surface area contributed by atoms with Crippen LogP contribution in [0.3, 0.4) is 0 Å². The van der Waals surface area contributed by atoms with Crippen molar-refractivity contribution in [3.63, 3.8) is 0 Å². The van der Waals surface area contributed by atoms with E-state index in [1.807, 2.05) is 152 Å². The van der Waals surface area contributed by atoms with E-state index in [1.165, 1.54) is 37.9 Å². The molecule has 2 aliphatic rings. The molecular formula is C59H48N6O11S2. The fourth-order valence-corrected chi connectivity index (χ4v) is 11.6. The second-order valence-electron chi connectivity index (χ2n) is 17.9. The van der Waals surface area contributed by atoms with Crippen molar-refractivity contribution < 1.29 is 48.1 Å². The molecule has 19 heteroatoms. The number of carboxylic acids is 1. The lowest BCUT2D eigenvalue weighted by Crippen LogP contribution is -2.71. The molecule has 0 saturated carbocycles. The maximum absolute atomic E-state index is 15.1. The first kappa shape index (κ1) is 52.1. The van der Waals surface area contributed by atoms with E-state index in [9.17, 15) is 24.3 Å². The van der Waals surface area contributed by atoms with Crippen LogP contribution in [0.4, 0.5) is 5.13 Å². The van der Waals surface area contributed by atoms with E-state index in [0.717, 1.165) is 32.9 Å². The van der Waals surface area contributed by atoms with E-state index in [0.29, 0.717) is 21.6 Å². The molecule has 3 atom stereocenters. The normalized spacial score (nSPS) is 15.7. The number of hydrogen-bond donors (Lipinski definition) is 4. The Morgan fingerprint density at radius 2 is 1.37 bits per heavy atom. The molecule has 0 bridgehead atoms. The van der Waals surface area contributed by atoms with Crippen LogP contribution in [0.2, 0.25) is 0 Å². The van der Waals surface area contributed by atoms with Gasteiger partial charge in [0.1, 0.15) is 40.7 Å². The fraction of sp³-hybridized carbons (Fsp3) is 0.153. The molecule has 0 radical (unpaired) electrons. The van der Waals surface area contributed by atoms with Gasteiger partial charge in [-0.25, -0.2) is 14.6 Å². The molecule has 4 N–H and O–H groups in total. The number of amides is 2. The Bertz CT molecular complexity index is 3520. The lowest BCUT2D eigenvalue weighted by molar-refractivity contribution is -0.162. The number of aromatic amines is 1. The molecule has 4 heterocycles. The molecule has 17 nitrogen and oxygen atoms in total. The summed E-state index contributed by atoms with van der Waals surface area (Å²) in [5, 5.41) is 22.6. The summed E-state index contributed by atoms with van der Waals surface area (Å²) in [7, 11) is 1.43. The summed E-state index contributed by atoms with van der Waals surface area (Å²) in [6.07, 6.45) is -2.69. The standard InChI is InChI=1S/C59H48N6O11S2/c1-35(66)74-32-38-33-77-55-49(54(69)65(55)50(38)56(70)71)62-53(68)48(44-34-78-58(60-44)63-59(39-22-12-5-13-23-39,40-24-14-6-15-25-40)41-26-16-7-17-27-41)64-76-52(43-28-30-45(73-2)47-42(43)29-31-46(67)61-47)57(72)75-51(36-18-8-3-9-19-36)37-20-10-4-11-21-37/h3-31,34,49,51-52,55H,32-33H2,1-2H3,(H,60,63)(H,61,67)(H,62,68)(H,70,71)/b64-48-/t49-,52?,55-/m1/s1. The number of H-pyrrole nitrogens is 1. The number of hydrogen-bond acceptors (Lipinski definition) is 15. The fourth-order valence-electron chi connectivity index (χ4n) is 9.52. The Morgan fingerprint density at radius 1 is 0.795 bits per heavy atom. The van der Waals surface area contributed by atoms with Gasteiger partial charge in [-0.1, -0.05) is 163 Å². The first-order chi connectivity index (χ1) is 37.9. The van der Waals surface area contributed by atoms with Gasteiger partial charge in [-0.3, -0.25) is 24.1 Å². The van der Waals surface area contributed by atoms with Crippen molar-refractivity contribution in [1.29, 1.82) is 0 Å². The minimum absolute atomic E-state index is 0.0275. The molecule has 6 aromatic carbocycles. The number of nitrogens with zero attached hydrogens (tertiary/aromatic N) is 3. The van der Waals surface area contributed by atoms with Crippen molar-refractivity contribution in [3.05, 3.63) is 242 Å². The Labute approximate surface area is 454 Å². The number of carbonyl (C=O) groups is 5. The highest BCUT2D eigenvalue weighted by atomic mass is 32.2. The van der Waals surface area contributed by atoms with E-state index in [2.05, 4.69) is 20.8 Å². The van der Waals surface area contributed by atoms with Crippen molar-refractivity contribution in [2.24, 2.45) is 5.16 Å². The van der Waals surface area contributed by atoms with Crippen molar-refractivity contribution in [1.82, 2.24) is 20.2 Å². The SMILES string of the molecule is COc1ccc(C(O/N=C(\C(=O)N[C@@H]2C(=O)N3C(C(=O)O)=C(COC(C)=O)CS[C@H]23)c2csc(NC(c3ccccc3)(c3ccccc3)c3ccccc3)n2)C(=O)OC(c2ccccc2)c2ccccc2)c2ccc(=O)[nH]c12. The lowest BCUT2D eigenvalue weighted by Gasteiger charge is -2.49. The summed E-state index contributed by atoms with van der Waals surface area (Å²) in [5.41, 5.74) is 2.20. The highest BCUT2D eigenvalue weighted by Gasteiger charge is 2.54. The quantitative estimate of drug-likeness (QED) is 0.0196. The Balaban J connectivity index is 1.08. The van der Waals surface area contributed by atoms with Crippen LogP contribution in [-0.4, -0.2) is 86.3 Å². The number of benzene rings is 6. The van der Waals surface area contributed by atoms with Gasteiger partial charge in [0.15, 0.2) is 16.9 Å². The molecule has 1 saturated heterocycles. The van der Waals surface area contributed by atoms with Crippen LogP contribution in [-0.2, 0) is 43.8 Å². The van der Waals surface area contributed by atoms with Crippen LogP contribution >= 0.6 is 23.1 Å². The largest absolute Gasteiger partial charge is 0.495 e. The highest BCUT2D eigenvalue weighted by Crippen LogP contribution is 2.43. The number of thiazole rings is 1. The Morgan fingerprint density at radius 3 is 1.92 bits per heavy atom. The number of aromatic nitrogens is 2. The van der Waals surface area contributed by atoms with Crippen LogP contribution in [0.15, 0.2) is 203 Å². The number of oxime groups is 1. The summed E-state index contributed by atoms with van der Waals surface area (Å²) in [6, 6.07) is 52.2. The molecular weight excluding hydrogens is 1030 g/mol. The number of carboxylic acid groups (broad SMARTS) is 1. The van der Waals surface area contributed by atoms with Crippen molar-refractivity contribution >= 4 is 74.6 Å². The molecule has 2 aromatic heterocycles. The van der Waals surface area contributed by atoms with Gasteiger partial charge in [0, 0.05) is 40.6 Å². The topological polar surface area (TPSA) is 228 Å². The molecule has 10 rings (SSSR count). The van der Waals surface area contributed by atoms with Gasteiger partial charge < -0.3 is 39.8 Å². The van der Waals surface area contributed by atoms with Gasteiger partial charge in [0.05, 0.1) is 12.6 Å². The number of methoxy groups -OCH3 is 1. The molecule has 2 aliphatic heterocycles. The molecule has 1 unspecified atom stereocenters. The molecule has 1 fully saturated rings. The van der Waals surface area contributed by atoms with E-state index in [4.69, 9.17) is 24.0 Å². The smallest absolute Gasteiger partial charge is 0.355 e. The third-order valence-electron chi connectivity index (χ3n) is 13.2. The van der Waals surface area contributed by atoms with Gasteiger partial charge in [0.2, 0.25) is 11.7 Å². The maximum atomic E-state index is 15.1. The number of ether oxygens (including phenoxy) is 3. The number of aliphatic carboxylic acids is 1. The van der Waals surface area contributed by atoms with E-state index in [-0.39, 0.29) is 46.2 Å². The van der Waals surface area contributed by atoms with Crippen molar-refractivity contribution in [2.75, 3.05) is 24.8 Å². The number of pyridine rings is 1. The number of anilines is 1. The zero-order chi connectivity index (χ0) is 54.3. The van der Waals surface area contributed by atoms with Crippen molar-refractivity contribution in [3.8, 4) is 5.75 Å². The molecule has 0 aliphatic carbocycles. The van der Waals surface area contributed by atoms with Crippen LogP contribution in [0.5, 0.6) is 5.75 Å². The summed E-state index contributed by atoms with van der Waals surface area (Å²) in [5.74, 6) is -4.32. The summed E-state index contributed by atoms with van der Waals surface area (Å²) < 4.78 is 17.1. The minimum Gasteiger partial charge on any atom is -0.495 e. The first-order valence-corrected chi connectivity index (χ1v) is 26.4. The summed E-state index contributed by atoms with van der Waals surface area (Å²) in [4.78, 5) is 96.4. The number of carbonyl (C=O) groups excluding carboxylic acids is 4. The van der Waals surface area contributed by atoms with E-state index in [1.54, 1.807) is 17.5 Å². The molecule has 0 spiro atoms. The second-order valence-corrected chi connectivity index (χ2v) is 19.9. The second kappa shape index (κ2) is 22.9. The average molecular weight is 1080 g/mol. The third kappa shape index (κ3) is 10.5. The van der Waals surface area contributed by atoms with Crippen molar-refractivity contribution in [2.45, 2.75) is 36.1 Å². The number of esters is 2. The number of nitrogens with one attached hydrogen (secondary N) is 3. The number of β-lactam (4-membered cyclic amide) rings is 1. The number of fused-ring (bicyclic) bond motifs is 2. The minimum atomic E-state index is -1.74. The average Bonchev–Trinajstić information content (AvgIpc) is 4.00. The van der Waals surface area contributed by atoms with Crippen LogP contribution in [0, 0.1) is 0 Å². The zero-order valence-corrected chi connectivity index (χ0v) is 43.4. The predicted octanol–water partition coefficient (Wildman–Crippen LogP) is 8.49. The predicted molar refractivity (Wildman–Crippen MR) is 294 cm³/mol. The Hall–Kier alpha value is -9.33. The summed E-state index contributed by atoms with van der Waals surface area (Å²) in [6.45, 7) is 0.849. The lowest BCUT2D eigenvalue weighted by atomic mass is 9.77. The van der Waals surface area contributed by atoms with Gasteiger partial charge in [0.25, 0.3) is 11.8 Å². The van der Waals surface area contributed by atoms with Gasteiger partial charge >= 0.3 is 17.9 Å². The van der Waals surface area contributed by atoms with Gasteiger partial charge in [-0.2, -0.15) is 0 Å². The Kier molecular flexibility index (Phi) is 15.3. The summed E-state index contributed by atoms with van der Waals surface area (Å²) >= 11 is 2.33. The van der Waals surface area contributed by atoms with E-state index < -0.39 is 70.2 Å². The number of thioether (sulfide) groups is 1. The maximum Gasteiger partial charge on any atom is 0.355 e. The molecule has 8 aromatic rings. The molecule has 2 amide bonds. The van der Waals surface area contributed by atoms with Crippen LogP contribution in [0.25, 0.3) is 10.9 Å². The van der Waals surface area contributed by atoms with Crippen LogP contribution in [0.1, 0.15) is 58.2 Å². The number of rotatable bonds is 19. The molecule has 392 valence electrons. The monoisotopic (exact) mass is 1080 g/mol. The molecule has 78 heavy (non-hydrogen) atoms. The first-order valence-electron chi connectivity index (χ1n) is 24.4. The van der Waals surface area contributed by atoms with Crippen LogP contribution < -0.4 is 20.9 Å². The zero-order valence-electron chi connectivity index (χ0n) is 41.7. The van der Waals surface area contributed by atoms with Gasteiger partial charge in [-0.05, 0) is 39.9 Å². The third-order valence-corrected chi connectivity index (χ3v) is 15.3. The highest BCUT2D eigenvalue weighted by molar-refractivity contribution is 8.00. The van der Waals surface area contributed by atoms with E-state index >= 15 is 9.59 Å².